The number of carbonyl (C=O) groups excluding carboxylic acids is 2. The summed E-state index contributed by atoms with van der Waals surface area (Å²) < 4.78 is 11.3. The van der Waals surface area contributed by atoms with Crippen molar-refractivity contribution in [2.24, 2.45) is 0 Å². The normalized spacial score (nSPS) is 13.7. The van der Waals surface area contributed by atoms with E-state index < -0.39 is 0 Å². The molecule has 0 bridgehead atoms. The van der Waals surface area contributed by atoms with E-state index in [2.05, 4.69) is 5.32 Å². The van der Waals surface area contributed by atoms with Crippen LogP contribution in [0.4, 0.5) is 5.69 Å². The summed E-state index contributed by atoms with van der Waals surface area (Å²) >= 11 is 0. The largest absolute Gasteiger partial charge is 0.480 e. The smallest absolute Gasteiger partial charge is 0.262 e. The Bertz CT molecular complexity index is 860. The summed E-state index contributed by atoms with van der Waals surface area (Å²) in [6.07, 6.45) is 3.26. The summed E-state index contributed by atoms with van der Waals surface area (Å²) in [5.74, 6) is 0.620. The van der Waals surface area contributed by atoms with Crippen LogP contribution in [-0.2, 0) is 9.59 Å². The van der Waals surface area contributed by atoms with Gasteiger partial charge in [-0.05, 0) is 56.9 Å². The van der Waals surface area contributed by atoms with Crippen molar-refractivity contribution in [2.45, 2.75) is 33.1 Å². The number of likely N-dealkylation sites (tertiary alicyclic amines) is 1. The molecule has 0 radical (unpaired) electrons. The molecular formula is C23H28N2O4. The molecule has 3 rings (SSSR count). The Kier molecular flexibility index (Phi) is 7.11. The molecule has 2 amide bonds. The van der Waals surface area contributed by atoms with Crippen LogP contribution in [0.15, 0.2) is 42.5 Å². The van der Waals surface area contributed by atoms with Gasteiger partial charge in [-0.15, -0.1) is 0 Å². The van der Waals surface area contributed by atoms with Crippen molar-refractivity contribution in [2.75, 3.05) is 31.6 Å². The van der Waals surface area contributed by atoms with Crippen LogP contribution in [0.2, 0.25) is 0 Å². The van der Waals surface area contributed by atoms with Crippen molar-refractivity contribution in [3.05, 3.63) is 53.6 Å². The Balaban J connectivity index is 1.53. The first-order chi connectivity index (χ1) is 14.0. The summed E-state index contributed by atoms with van der Waals surface area (Å²) in [5.41, 5.74) is 2.90. The van der Waals surface area contributed by atoms with E-state index in [1.807, 2.05) is 43.0 Å². The SMILES string of the molecule is Cc1ccc(NC(=O)COc2ccccc2OCC(=O)N2CCCCC2)c(C)c1. The second-order valence-corrected chi connectivity index (χ2v) is 7.33. The molecule has 6 heteroatoms. The quantitative estimate of drug-likeness (QED) is 0.775. The van der Waals surface area contributed by atoms with Crippen molar-refractivity contribution in [1.29, 1.82) is 0 Å². The highest BCUT2D eigenvalue weighted by atomic mass is 16.5. The van der Waals surface area contributed by atoms with Crippen LogP contribution < -0.4 is 14.8 Å². The molecule has 6 nitrogen and oxygen atoms in total. The summed E-state index contributed by atoms with van der Waals surface area (Å²) in [5, 5.41) is 2.85. The molecule has 0 saturated carbocycles. The van der Waals surface area contributed by atoms with Crippen molar-refractivity contribution < 1.29 is 19.1 Å². The fraction of sp³-hybridized carbons (Fsp3) is 0.391. The van der Waals surface area contributed by atoms with Gasteiger partial charge in [-0.2, -0.15) is 0 Å². The lowest BCUT2D eigenvalue weighted by Gasteiger charge is -2.26. The number of hydrogen-bond acceptors (Lipinski definition) is 4. The molecule has 1 aliphatic rings. The zero-order valence-corrected chi connectivity index (χ0v) is 17.1. The fourth-order valence-electron chi connectivity index (χ4n) is 3.35. The van der Waals surface area contributed by atoms with Gasteiger partial charge >= 0.3 is 0 Å². The average Bonchev–Trinajstić information content (AvgIpc) is 2.73. The third-order valence-electron chi connectivity index (χ3n) is 4.92. The van der Waals surface area contributed by atoms with E-state index >= 15 is 0 Å². The van der Waals surface area contributed by atoms with Crippen LogP contribution in [0.5, 0.6) is 11.5 Å². The maximum atomic E-state index is 12.3. The van der Waals surface area contributed by atoms with E-state index in [1.165, 1.54) is 6.42 Å². The predicted octanol–water partition coefficient (Wildman–Crippen LogP) is 3.71. The van der Waals surface area contributed by atoms with Crippen LogP contribution in [0, 0.1) is 13.8 Å². The minimum atomic E-state index is -0.254. The van der Waals surface area contributed by atoms with Crippen molar-refractivity contribution in [3.63, 3.8) is 0 Å². The van der Waals surface area contributed by atoms with Crippen LogP contribution in [0.25, 0.3) is 0 Å². The number of anilines is 1. The molecule has 2 aromatic rings. The van der Waals surface area contributed by atoms with Crippen molar-refractivity contribution >= 4 is 17.5 Å². The van der Waals surface area contributed by atoms with Gasteiger partial charge in [-0.3, -0.25) is 9.59 Å². The van der Waals surface area contributed by atoms with E-state index in [9.17, 15) is 9.59 Å². The molecule has 0 atom stereocenters. The van der Waals surface area contributed by atoms with Crippen LogP contribution >= 0.6 is 0 Å². The molecule has 0 aliphatic carbocycles. The first-order valence-electron chi connectivity index (χ1n) is 10.0. The molecule has 1 heterocycles. The lowest BCUT2D eigenvalue weighted by Crippen LogP contribution is -2.38. The number of carbonyl (C=O) groups is 2. The van der Waals surface area contributed by atoms with Gasteiger partial charge in [0.05, 0.1) is 0 Å². The number of aryl methyl sites for hydroxylation is 2. The number of piperidine rings is 1. The highest BCUT2D eigenvalue weighted by molar-refractivity contribution is 5.92. The number of rotatable bonds is 7. The molecule has 29 heavy (non-hydrogen) atoms. The highest BCUT2D eigenvalue weighted by Gasteiger charge is 2.17. The Hall–Kier alpha value is -3.02. The molecule has 1 N–H and O–H groups in total. The molecule has 0 aromatic heterocycles. The Morgan fingerprint density at radius 3 is 2.24 bits per heavy atom. The van der Waals surface area contributed by atoms with E-state index in [4.69, 9.17) is 9.47 Å². The van der Waals surface area contributed by atoms with Gasteiger partial charge in [0.2, 0.25) is 0 Å². The zero-order valence-electron chi connectivity index (χ0n) is 17.1. The molecule has 1 aliphatic heterocycles. The topological polar surface area (TPSA) is 67.9 Å². The molecule has 1 saturated heterocycles. The Labute approximate surface area is 171 Å². The summed E-state index contributed by atoms with van der Waals surface area (Å²) in [6, 6.07) is 12.9. The van der Waals surface area contributed by atoms with Gasteiger partial charge in [0.25, 0.3) is 11.8 Å². The molecule has 154 valence electrons. The van der Waals surface area contributed by atoms with Crippen LogP contribution in [-0.4, -0.2) is 43.0 Å². The zero-order chi connectivity index (χ0) is 20.6. The number of nitrogens with one attached hydrogen (secondary N) is 1. The van der Waals surface area contributed by atoms with E-state index in [-0.39, 0.29) is 25.0 Å². The second-order valence-electron chi connectivity index (χ2n) is 7.33. The third-order valence-corrected chi connectivity index (χ3v) is 4.92. The standard InChI is InChI=1S/C23H28N2O4/c1-17-10-11-19(18(2)14-17)24-22(26)15-28-20-8-4-5-9-21(20)29-16-23(27)25-12-6-3-7-13-25/h4-5,8-11,14H,3,6-7,12-13,15-16H2,1-2H3,(H,24,26). The van der Waals surface area contributed by atoms with Gasteiger partial charge < -0.3 is 19.7 Å². The molecule has 0 unspecified atom stereocenters. The lowest BCUT2D eigenvalue weighted by molar-refractivity contribution is -0.134. The fourth-order valence-corrected chi connectivity index (χ4v) is 3.35. The van der Waals surface area contributed by atoms with Gasteiger partial charge in [-0.1, -0.05) is 29.8 Å². The predicted molar refractivity (Wildman–Crippen MR) is 112 cm³/mol. The number of hydrogen-bond donors (Lipinski definition) is 1. The Morgan fingerprint density at radius 2 is 1.59 bits per heavy atom. The third kappa shape index (κ3) is 5.98. The average molecular weight is 396 g/mol. The molecule has 0 spiro atoms. The first-order valence-corrected chi connectivity index (χ1v) is 10.0. The minimum Gasteiger partial charge on any atom is -0.480 e. The van der Waals surface area contributed by atoms with Gasteiger partial charge in [0.15, 0.2) is 24.7 Å². The van der Waals surface area contributed by atoms with Gasteiger partial charge in [0, 0.05) is 18.8 Å². The van der Waals surface area contributed by atoms with E-state index in [0.717, 1.165) is 42.7 Å². The highest BCUT2D eigenvalue weighted by Crippen LogP contribution is 2.26. The molecule has 1 fully saturated rings. The second kappa shape index (κ2) is 9.96. The number of benzene rings is 2. The molecular weight excluding hydrogens is 368 g/mol. The lowest BCUT2D eigenvalue weighted by atomic mass is 10.1. The van der Waals surface area contributed by atoms with Crippen molar-refractivity contribution in [3.8, 4) is 11.5 Å². The van der Waals surface area contributed by atoms with Crippen molar-refractivity contribution in [1.82, 2.24) is 4.90 Å². The summed E-state index contributed by atoms with van der Waals surface area (Å²) in [6.45, 7) is 5.36. The summed E-state index contributed by atoms with van der Waals surface area (Å²) in [7, 11) is 0. The number of amides is 2. The van der Waals surface area contributed by atoms with E-state index in [0.29, 0.717) is 11.5 Å². The van der Waals surface area contributed by atoms with Crippen LogP contribution in [0.3, 0.4) is 0 Å². The maximum Gasteiger partial charge on any atom is 0.262 e. The number of ether oxygens (including phenoxy) is 2. The number of nitrogens with zero attached hydrogens (tertiary/aromatic N) is 1. The maximum absolute atomic E-state index is 12.3. The minimum absolute atomic E-state index is 0.0212. The van der Waals surface area contributed by atoms with Gasteiger partial charge in [0.1, 0.15) is 0 Å². The molecule has 2 aromatic carbocycles. The van der Waals surface area contributed by atoms with E-state index in [1.54, 1.807) is 18.2 Å². The van der Waals surface area contributed by atoms with Crippen LogP contribution in [0.1, 0.15) is 30.4 Å². The first kappa shape index (κ1) is 20.7. The van der Waals surface area contributed by atoms with Gasteiger partial charge in [-0.25, -0.2) is 0 Å². The Morgan fingerprint density at radius 1 is 0.931 bits per heavy atom. The number of para-hydroxylation sites is 2. The monoisotopic (exact) mass is 396 g/mol. The summed E-state index contributed by atoms with van der Waals surface area (Å²) in [4.78, 5) is 26.4.